The Labute approximate surface area is 189 Å². The molecule has 0 bridgehead atoms. The minimum atomic E-state index is -4.54. The zero-order valence-electron chi connectivity index (χ0n) is 16.9. The van der Waals surface area contributed by atoms with Gasteiger partial charge < -0.3 is 0 Å². The van der Waals surface area contributed by atoms with Gasteiger partial charge in [0, 0.05) is 11.1 Å². The third-order valence-electron chi connectivity index (χ3n) is 4.76. The SMILES string of the molecule is NS(=O)(=O)c1ccc(C#Cc2cnn3c(C(F)F)cc(-c4ccc(C(F)(F)F)cc4)nc23)cc1. The largest absolute Gasteiger partial charge is 0.416 e. The number of fused-ring (bicyclic) bond motifs is 1. The zero-order valence-corrected chi connectivity index (χ0v) is 17.7. The number of halogens is 5. The lowest BCUT2D eigenvalue weighted by atomic mass is 10.1. The molecule has 4 aromatic rings. The predicted octanol–water partition coefficient (Wildman–Crippen LogP) is 4.40. The highest BCUT2D eigenvalue weighted by molar-refractivity contribution is 7.89. The van der Waals surface area contributed by atoms with Gasteiger partial charge in [0.1, 0.15) is 5.69 Å². The quantitative estimate of drug-likeness (QED) is 0.339. The molecule has 6 nitrogen and oxygen atoms in total. The molecule has 0 aliphatic carbocycles. The third kappa shape index (κ3) is 4.75. The summed E-state index contributed by atoms with van der Waals surface area (Å²) in [6.07, 6.45) is -6.24. The van der Waals surface area contributed by atoms with Crippen molar-refractivity contribution in [3.63, 3.8) is 0 Å². The van der Waals surface area contributed by atoms with Crippen molar-refractivity contribution in [1.29, 1.82) is 0 Å². The smallest absolute Gasteiger partial charge is 0.227 e. The van der Waals surface area contributed by atoms with E-state index in [0.717, 1.165) is 34.8 Å². The molecule has 0 aliphatic heterocycles. The third-order valence-corrected chi connectivity index (χ3v) is 5.68. The van der Waals surface area contributed by atoms with E-state index in [1.54, 1.807) is 0 Å². The number of hydrogen-bond acceptors (Lipinski definition) is 4. The van der Waals surface area contributed by atoms with Crippen LogP contribution in [0.25, 0.3) is 16.9 Å². The van der Waals surface area contributed by atoms with E-state index in [-0.39, 0.29) is 27.4 Å². The van der Waals surface area contributed by atoms with Crippen LogP contribution in [0.1, 0.15) is 28.8 Å². The van der Waals surface area contributed by atoms with E-state index in [2.05, 4.69) is 21.9 Å². The second-order valence-corrected chi connectivity index (χ2v) is 8.62. The Morgan fingerprint density at radius 2 is 1.62 bits per heavy atom. The number of nitrogens with two attached hydrogens (primary N) is 1. The Bertz CT molecular complexity index is 1530. The number of hydrogen-bond donors (Lipinski definition) is 1. The summed E-state index contributed by atoms with van der Waals surface area (Å²) >= 11 is 0. The first-order chi connectivity index (χ1) is 15.9. The van der Waals surface area contributed by atoms with Crippen LogP contribution in [-0.4, -0.2) is 23.0 Å². The lowest BCUT2D eigenvalue weighted by molar-refractivity contribution is -0.137. The highest BCUT2D eigenvalue weighted by Gasteiger charge is 2.30. The summed E-state index contributed by atoms with van der Waals surface area (Å²) in [6.45, 7) is 0. The van der Waals surface area contributed by atoms with E-state index in [1.165, 1.54) is 30.5 Å². The molecule has 0 aliphatic rings. The van der Waals surface area contributed by atoms with E-state index in [0.29, 0.717) is 5.56 Å². The van der Waals surface area contributed by atoms with E-state index in [9.17, 15) is 30.4 Å². The minimum absolute atomic E-state index is 0.0126. The van der Waals surface area contributed by atoms with Crippen LogP contribution in [-0.2, 0) is 16.2 Å². The Balaban J connectivity index is 1.77. The van der Waals surface area contributed by atoms with Crippen molar-refractivity contribution in [3.05, 3.63) is 83.2 Å². The molecule has 0 saturated heterocycles. The van der Waals surface area contributed by atoms with Gasteiger partial charge in [-0.1, -0.05) is 24.0 Å². The molecule has 0 radical (unpaired) electrons. The molecule has 0 unspecified atom stereocenters. The van der Waals surface area contributed by atoms with Crippen LogP contribution < -0.4 is 5.14 Å². The van der Waals surface area contributed by atoms with Crippen molar-refractivity contribution < 1.29 is 30.4 Å². The summed E-state index contributed by atoms with van der Waals surface area (Å²) in [6, 6.07) is 10.4. The van der Waals surface area contributed by atoms with Crippen molar-refractivity contribution in [1.82, 2.24) is 14.6 Å². The van der Waals surface area contributed by atoms with Gasteiger partial charge in [0.05, 0.1) is 27.9 Å². The molecule has 34 heavy (non-hydrogen) atoms. The monoisotopic (exact) mass is 492 g/mol. The van der Waals surface area contributed by atoms with Gasteiger partial charge in [-0.15, -0.1) is 0 Å². The molecule has 2 aromatic carbocycles. The predicted molar refractivity (Wildman–Crippen MR) is 112 cm³/mol. The number of aromatic nitrogens is 3. The summed E-state index contributed by atoms with van der Waals surface area (Å²) in [5, 5.41) is 8.96. The summed E-state index contributed by atoms with van der Waals surface area (Å²) in [5.41, 5.74) is -0.567. The molecule has 2 heterocycles. The molecule has 174 valence electrons. The first-order valence-electron chi connectivity index (χ1n) is 9.43. The fourth-order valence-electron chi connectivity index (χ4n) is 3.08. The summed E-state index contributed by atoms with van der Waals surface area (Å²) in [7, 11) is -3.87. The molecule has 12 heteroatoms. The number of alkyl halides is 5. The van der Waals surface area contributed by atoms with Crippen LogP contribution >= 0.6 is 0 Å². The van der Waals surface area contributed by atoms with E-state index >= 15 is 0 Å². The number of rotatable bonds is 3. The Hall–Kier alpha value is -3.82. The van der Waals surface area contributed by atoms with Crippen molar-refractivity contribution in [2.24, 2.45) is 5.14 Å². The fourth-order valence-corrected chi connectivity index (χ4v) is 3.59. The highest BCUT2D eigenvalue weighted by Crippen LogP contribution is 2.32. The van der Waals surface area contributed by atoms with Crippen molar-refractivity contribution >= 4 is 15.7 Å². The summed E-state index contributed by atoms with van der Waals surface area (Å²) < 4.78 is 89.5. The number of nitrogens with zero attached hydrogens (tertiary/aromatic N) is 3. The van der Waals surface area contributed by atoms with Crippen molar-refractivity contribution in [3.8, 4) is 23.1 Å². The van der Waals surface area contributed by atoms with E-state index < -0.39 is 33.9 Å². The number of primary sulfonamides is 1. The first-order valence-corrected chi connectivity index (χ1v) is 11.0. The molecule has 2 aromatic heterocycles. The minimum Gasteiger partial charge on any atom is -0.227 e. The van der Waals surface area contributed by atoms with Gasteiger partial charge >= 0.3 is 6.18 Å². The summed E-state index contributed by atoms with van der Waals surface area (Å²) in [4.78, 5) is 4.19. The molecule has 0 saturated carbocycles. The first kappa shape index (κ1) is 23.3. The molecular weight excluding hydrogens is 479 g/mol. The number of benzene rings is 2. The fraction of sp³-hybridized carbons (Fsp3) is 0.0909. The molecule has 0 atom stereocenters. The lowest BCUT2D eigenvalue weighted by Gasteiger charge is -2.10. The maximum Gasteiger partial charge on any atom is 0.416 e. The molecule has 0 spiro atoms. The molecule has 4 rings (SSSR count). The average Bonchev–Trinajstić information content (AvgIpc) is 3.19. The Kier molecular flexibility index (Phi) is 5.84. The maximum absolute atomic E-state index is 13.7. The number of sulfonamides is 1. The molecule has 0 amide bonds. The Morgan fingerprint density at radius 3 is 2.18 bits per heavy atom. The summed E-state index contributed by atoms with van der Waals surface area (Å²) in [5.74, 6) is 5.50. The van der Waals surface area contributed by atoms with E-state index in [4.69, 9.17) is 5.14 Å². The maximum atomic E-state index is 13.7. The highest BCUT2D eigenvalue weighted by atomic mass is 32.2. The van der Waals surface area contributed by atoms with Crippen LogP contribution in [0.4, 0.5) is 22.0 Å². The van der Waals surface area contributed by atoms with Crippen LogP contribution in [0.5, 0.6) is 0 Å². The van der Waals surface area contributed by atoms with Gasteiger partial charge in [0.2, 0.25) is 10.0 Å². The molecule has 0 fully saturated rings. The lowest BCUT2D eigenvalue weighted by Crippen LogP contribution is -2.11. The Morgan fingerprint density at radius 1 is 0.971 bits per heavy atom. The van der Waals surface area contributed by atoms with Crippen LogP contribution in [0.15, 0.2) is 65.7 Å². The van der Waals surface area contributed by atoms with Gasteiger partial charge in [0.15, 0.2) is 5.65 Å². The zero-order chi connectivity index (χ0) is 24.7. The topological polar surface area (TPSA) is 90.4 Å². The molecular formula is C22H13F5N4O2S. The van der Waals surface area contributed by atoms with E-state index in [1.807, 2.05) is 0 Å². The molecule has 2 N–H and O–H groups in total. The van der Waals surface area contributed by atoms with Gasteiger partial charge in [-0.3, -0.25) is 0 Å². The van der Waals surface area contributed by atoms with Crippen molar-refractivity contribution in [2.45, 2.75) is 17.5 Å². The van der Waals surface area contributed by atoms with Crippen molar-refractivity contribution in [2.75, 3.05) is 0 Å². The van der Waals surface area contributed by atoms with Crippen LogP contribution in [0.3, 0.4) is 0 Å². The van der Waals surface area contributed by atoms with Gasteiger partial charge in [-0.25, -0.2) is 31.8 Å². The van der Waals surface area contributed by atoms with Crippen LogP contribution in [0.2, 0.25) is 0 Å². The second-order valence-electron chi connectivity index (χ2n) is 7.06. The second kappa shape index (κ2) is 8.51. The normalized spacial score (nSPS) is 12.1. The van der Waals surface area contributed by atoms with Crippen LogP contribution in [0, 0.1) is 11.8 Å². The van der Waals surface area contributed by atoms with Gasteiger partial charge in [0.25, 0.3) is 6.43 Å². The van der Waals surface area contributed by atoms with Gasteiger partial charge in [-0.2, -0.15) is 18.3 Å². The average molecular weight is 492 g/mol. The van der Waals surface area contributed by atoms with Gasteiger partial charge in [-0.05, 0) is 42.5 Å². The standard InChI is InChI=1S/C22H13F5N4O2S/c23-20(24)19-11-18(14-5-7-16(8-6-14)22(25,26)27)30-21-15(12-29-31(19)21)4-1-13-2-9-17(10-3-13)34(28,32)33/h2-3,5-12,20H,(H2,28,32,33).